The predicted molar refractivity (Wildman–Crippen MR) is 75.3 cm³/mol. The maximum Gasteiger partial charge on any atom is 0.221 e. The van der Waals surface area contributed by atoms with E-state index in [2.05, 4.69) is 24.1 Å². The van der Waals surface area contributed by atoms with Gasteiger partial charge >= 0.3 is 0 Å². The second-order valence-electron chi connectivity index (χ2n) is 6.52. The molecule has 4 heteroatoms. The number of nitrogens with one attached hydrogen (secondary N) is 1. The van der Waals surface area contributed by atoms with Gasteiger partial charge in [-0.25, -0.2) is 0 Å². The van der Waals surface area contributed by atoms with Gasteiger partial charge in [-0.1, -0.05) is 13.8 Å². The Kier molecular flexibility index (Phi) is 5.60. The van der Waals surface area contributed by atoms with Crippen LogP contribution in [0.5, 0.6) is 0 Å². The van der Waals surface area contributed by atoms with Gasteiger partial charge in [0, 0.05) is 25.0 Å². The Morgan fingerprint density at radius 2 is 1.89 bits per heavy atom. The third kappa shape index (κ3) is 4.94. The Balaban J connectivity index is 2.44. The average Bonchev–Trinajstić information content (AvgIpc) is 2.25. The van der Waals surface area contributed by atoms with E-state index in [0.717, 1.165) is 13.1 Å². The monoisotopic (exact) mass is 255 g/mol. The van der Waals surface area contributed by atoms with Gasteiger partial charge in [0.2, 0.25) is 5.91 Å². The standard InChI is InChI=1S/C14H29N3O/c1-11(2)16-13(18)9-12(10-15)17-7-5-14(3,4)6-8-17/h11-12H,5-10,15H2,1-4H3,(H,16,18). The molecule has 0 saturated carbocycles. The molecule has 0 bridgehead atoms. The molecule has 0 aromatic rings. The molecule has 1 fully saturated rings. The molecular weight excluding hydrogens is 226 g/mol. The van der Waals surface area contributed by atoms with Crippen LogP contribution in [0.25, 0.3) is 0 Å². The summed E-state index contributed by atoms with van der Waals surface area (Å²) in [4.78, 5) is 14.2. The van der Waals surface area contributed by atoms with Crippen LogP contribution in [0.1, 0.15) is 47.0 Å². The summed E-state index contributed by atoms with van der Waals surface area (Å²) < 4.78 is 0. The Morgan fingerprint density at radius 3 is 2.33 bits per heavy atom. The van der Waals surface area contributed by atoms with E-state index in [1.165, 1.54) is 12.8 Å². The van der Waals surface area contributed by atoms with Crippen molar-refractivity contribution >= 4 is 5.91 Å². The van der Waals surface area contributed by atoms with E-state index in [1.54, 1.807) is 0 Å². The maximum absolute atomic E-state index is 11.8. The first-order chi connectivity index (χ1) is 8.34. The molecule has 106 valence electrons. The van der Waals surface area contributed by atoms with Gasteiger partial charge < -0.3 is 11.1 Å². The topological polar surface area (TPSA) is 58.4 Å². The van der Waals surface area contributed by atoms with E-state index in [0.29, 0.717) is 18.4 Å². The van der Waals surface area contributed by atoms with Crippen molar-refractivity contribution in [3.8, 4) is 0 Å². The number of carbonyl (C=O) groups excluding carboxylic acids is 1. The summed E-state index contributed by atoms with van der Waals surface area (Å²) in [5.41, 5.74) is 6.27. The van der Waals surface area contributed by atoms with Crippen molar-refractivity contribution < 1.29 is 4.79 Å². The van der Waals surface area contributed by atoms with Crippen LogP contribution in [0.15, 0.2) is 0 Å². The van der Waals surface area contributed by atoms with Crippen LogP contribution in [0.3, 0.4) is 0 Å². The van der Waals surface area contributed by atoms with Crippen LogP contribution in [-0.2, 0) is 4.79 Å². The second-order valence-corrected chi connectivity index (χ2v) is 6.52. The zero-order chi connectivity index (χ0) is 13.8. The molecule has 3 N–H and O–H groups in total. The van der Waals surface area contributed by atoms with Crippen LogP contribution in [0, 0.1) is 5.41 Å². The van der Waals surface area contributed by atoms with Crippen LogP contribution in [0.4, 0.5) is 0 Å². The summed E-state index contributed by atoms with van der Waals surface area (Å²) in [6, 6.07) is 0.399. The number of hydrogen-bond donors (Lipinski definition) is 2. The smallest absolute Gasteiger partial charge is 0.221 e. The molecule has 1 saturated heterocycles. The van der Waals surface area contributed by atoms with Crippen LogP contribution < -0.4 is 11.1 Å². The molecule has 1 atom stereocenters. The lowest BCUT2D eigenvalue weighted by molar-refractivity contribution is -0.123. The first-order valence-electron chi connectivity index (χ1n) is 7.07. The van der Waals surface area contributed by atoms with Crippen molar-refractivity contribution in [2.45, 2.75) is 59.0 Å². The molecule has 1 heterocycles. The number of carbonyl (C=O) groups is 1. The average molecular weight is 255 g/mol. The highest BCUT2D eigenvalue weighted by molar-refractivity contribution is 5.76. The van der Waals surface area contributed by atoms with E-state index >= 15 is 0 Å². The first-order valence-corrected chi connectivity index (χ1v) is 7.07. The first kappa shape index (κ1) is 15.4. The number of rotatable bonds is 5. The van der Waals surface area contributed by atoms with Gasteiger partial charge in [-0.3, -0.25) is 9.69 Å². The lowest BCUT2D eigenvalue weighted by Crippen LogP contribution is -2.49. The molecule has 1 amide bonds. The third-order valence-electron chi connectivity index (χ3n) is 3.81. The summed E-state index contributed by atoms with van der Waals surface area (Å²) in [5.74, 6) is 0.116. The fraction of sp³-hybridized carbons (Fsp3) is 0.929. The third-order valence-corrected chi connectivity index (χ3v) is 3.81. The molecule has 1 unspecified atom stereocenters. The minimum Gasteiger partial charge on any atom is -0.354 e. The molecule has 0 spiro atoms. The van der Waals surface area contributed by atoms with Gasteiger partial charge in [-0.05, 0) is 45.2 Å². The quantitative estimate of drug-likeness (QED) is 0.779. The highest BCUT2D eigenvalue weighted by atomic mass is 16.1. The zero-order valence-electron chi connectivity index (χ0n) is 12.3. The Labute approximate surface area is 111 Å². The molecular formula is C14H29N3O. The Hall–Kier alpha value is -0.610. The Morgan fingerprint density at radius 1 is 1.33 bits per heavy atom. The normalized spacial score (nSPS) is 21.9. The maximum atomic E-state index is 11.8. The zero-order valence-corrected chi connectivity index (χ0v) is 12.3. The van der Waals surface area contributed by atoms with Gasteiger partial charge in [0.25, 0.3) is 0 Å². The Bertz CT molecular complexity index is 266. The van der Waals surface area contributed by atoms with Crippen LogP contribution in [0.2, 0.25) is 0 Å². The van der Waals surface area contributed by atoms with E-state index < -0.39 is 0 Å². The molecule has 0 radical (unpaired) electrons. The molecule has 4 nitrogen and oxygen atoms in total. The minimum absolute atomic E-state index is 0.116. The van der Waals surface area contributed by atoms with E-state index in [1.807, 2.05) is 13.8 Å². The highest BCUT2D eigenvalue weighted by Crippen LogP contribution is 2.30. The van der Waals surface area contributed by atoms with Crippen molar-refractivity contribution in [1.29, 1.82) is 0 Å². The van der Waals surface area contributed by atoms with Crippen LogP contribution in [-0.4, -0.2) is 42.5 Å². The van der Waals surface area contributed by atoms with Gasteiger partial charge in [-0.15, -0.1) is 0 Å². The van der Waals surface area contributed by atoms with E-state index in [-0.39, 0.29) is 18.0 Å². The summed E-state index contributed by atoms with van der Waals surface area (Å²) in [6.07, 6.45) is 2.90. The van der Waals surface area contributed by atoms with Crippen molar-refractivity contribution in [3.05, 3.63) is 0 Å². The summed E-state index contributed by atoms with van der Waals surface area (Å²) >= 11 is 0. The minimum atomic E-state index is 0.116. The molecule has 1 rings (SSSR count). The van der Waals surface area contributed by atoms with Crippen molar-refractivity contribution in [2.24, 2.45) is 11.1 Å². The van der Waals surface area contributed by atoms with Crippen LogP contribution >= 0.6 is 0 Å². The van der Waals surface area contributed by atoms with Crippen molar-refractivity contribution in [3.63, 3.8) is 0 Å². The highest BCUT2D eigenvalue weighted by Gasteiger charge is 2.29. The number of amides is 1. The fourth-order valence-electron chi connectivity index (χ4n) is 2.45. The fourth-order valence-corrected chi connectivity index (χ4v) is 2.45. The van der Waals surface area contributed by atoms with Gasteiger partial charge in [0.15, 0.2) is 0 Å². The molecule has 0 aromatic heterocycles. The number of nitrogens with two attached hydrogens (primary N) is 1. The van der Waals surface area contributed by atoms with Crippen molar-refractivity contribution in [1.82, 2.24) is 10.2 Å². The van der Waals surface area contributed by atoms with E-state index in [9.17, 15) is 4.79 Å². The molecule has 1 aliphatic heterocycles. The molecule has 0 aromatic carbocycles. The predicted octanol–water partition coefficient (Wildman–Crippen LogP) is 1.35. The number of piperidine rings is 1. The summed E-state index contributed by atoms with van der Waals surface area (Å²) in [5, 5.41) is 2.94. The lowest BCUT2D eigenvalue weighted by Gasteiger charge is -2.40. The number of likely N-dealkylation sites (tertiary alicyclic amines) is 1. The molecule has 18 heavy (non-hydrogen) atoms. The van der Waals surface area contributed by atoms with Gasteiger partial charge in [-0.2, -0.15) is 0 Å². The molecule has 0 aliphatic carbocycles. The molecule has 1 aliphatic rings. The number of hydrogen-bond acceptors (Lipinski definition) is 3. The largest absolute Gasteiger partial charge is 0.354 e. The second kappa shape index (κ2) is 6.53. The summed E-state index contributed by atoms with van der Waals surface area (Å²) in [6.45, 7) is 11.3. The van der Waals surface area contributed by atoms with E-state index in [4.69, 9.17) is 5.73 Å². The SMILES string of the molecule is CC(C)NC(=O)CC(CN)N1CCC(C)(C)CC1. The lowest BCUT2D eigenvalue weighted by atomic mass is 9.82. The summed E-state index contributed by atoms with van der Waals surface area (Å²) in [7, 11) is 0. The number of nitrogens with zero attached hydrogens (tertiary/aromatic N) is 1. The van der Waals surface area contributed by atoms with Gasteiger partial charge in [0.1, 0.15) is 0 Å². The van der Waals surface area contributed by atoms with Gasteiger partial charge in [0.05, 0.1) is 0 Å². The van der Waals surface area contributed by atoms with Crippen molar-refractivity contribution in [2.75, 3.05) is 19.6 Å².